The lowest BCUT2D eigenvalue weighted by Crippen LogP contribution is -2.39. The number of halogens is 1. The van der Waals surface area contributed by atoms with Gasteiger partial charge in [0, 0.05) is 10.6 Å². The summed E-state index contributed by atoms with van der Waals surface area (Å²) in [6.07, 6.45) is 0. The number of anilines is 1. The lowest BCUT2D eigenvalue weighted by atomic mass is 9.88. The van der Waals surface area contributed by atoms with E-state index in [0.29, 0.717) is 21.8 Å². The van der Waals surface area contributed by atoms with E-state index in [9.17, 15) is 13.7 Å². The molecule has 0 saturated carbocycles. The molecule has 170 valence electrons. The average molecular weight is 490 g/mol. The second kappa shape index (κ2) is 8.24. The molecule has 5 rings (SSSR count). The molecule has 3 aromatic carbocycles. The van der Waals surface area contributed by atoms with Crippen molar-refractivity contribution >= 4 is 33.1 Å². The van der Waals surface area contributed by atoms with Crippen molar-refractivity contribution < 1.29 is 13.2 Å². The molecule has 1 unspecified atom stereocenters. The Bertz CT molecular complexity index is 1500. The third kappa shape index (κ3) is 3.52. The molecule has 3 aromatic rings. The number of hydrogen-bond acceptors (Lipinski definition) is 5. The largest absolute Gasteiger partial charge is 0.439 e. The minimum atomic E-state index is -4.11. The van der Waals surface area contributed by atoms with Gasteiger partial charge in [0.2, 0.25) is 5.88 Å². The van der Waals surface area contributed by atoms with Gasteiger partial charge in [-0.1, -0.05) is 65.7 Å². The minimum absolute atomic E-state index is 0.00904. The van der Waals surface area contributed by atoms with Crippen LogP contribution in [-0.2, 0) is 21.3 Å². The zero-order chi connectivity index (χ0) is 24.0. The molecule has 8 heteroatoms. The van der Waals surface area contributed by atoms with Gasteiger partial charge in [-0.15, -0.1) is 0 Å². The Morgan fingerprint density at radius 3 is 2.41 bits per heavy atom. The maximum absolute atomic E-state index is 14.2. The minimum Gasteiger partial charge on any atom is -0.439 e. The predicted molar refractivity (Wildman–Crippen MR) is 132 cm³/mol. The molecular weight excluding hydrogens is 470 g/mol. The van der Waals surface area contributed by atoms with Crippen molar-refractivity contribution in [3.05, 3.63) is 116 Å². The van der Waals surface area contributed by atoms with Gasteiger partial charge in [-0.3, -0.25) is 4.31 Å². The summed E-state index contributed by atoms with van der Waals surface area (Å²) >= 11 is 6.02. The smallest absolute Gasteiger partial charge is 0.265 e. The number of hydrogen-bond donors (Lipinski definition) is 1. The lowest BCUT2D eigenvalue weighted by Gasteiger charge is -2.38. The highest BCUT2D eigenvalue weighted by molar-refractivity contribution is 7.96. The van der Waals surface area contributed by atoms with E-state index >= 15 is 0 Å². The fraction of sp³-hybridized carbons (Fsp3) is 0.115. The van der Waals surface area contributed by atoms with E-state index in [4.69, 9.17) is 22.1 Å². The standard InChI is InChI=1S/C26H20ClN3O3S/c1-16-6-10-18(11-7-16)23-21(14-28)26(29)33-24-20-4-2-3-5-22(20)30(34(31,32)25(23)24)15-17-8-12-19(27)13-9-17/h2-13,23H,15,29H2,1H3. The molecule has 1 atom stereocenters. The van der Waals surface area contributed by atoms with Crippen LogP contribution < -0.4 is 10.0 Å². The van der Waals surface area contributed by atoms with Gasteiger partial charge in [-0.25, -0.2) is 8.42 Å². The Balaban J connectivity index is 1.75. The summed E-state index contributed by atoms with van der Waals surface area (Å²) in [5.74, 6) is -0.826. The number of rotatable bonds is 3. The number of allylic oxidation sites excluding steroid dienone is 2. The fourth-order valence-electron chi connectivity index (χ4n) is 4.33. The van der Waals surface area contributed by atoms with Crippen LogP contribution in [0.5, 0.6) is 0 Å². The van der Waals surface area contributed by atoms with Crippen molar-refractivity contribution in [1.82, 2.24) is 0 Å². The van der Waals surface area contributed by atoms with Gasteiger partial charge >= 0.3 is 0 Å². The van der Waals surface area contributed by atoms with E-state index in [-0.39, 0.29) is 28.7 Å². The number of ether oxygens (including phenoxy) is 1. The molecule has 2 aliphatic heterocycles. The summed E-state index contributed by atoms with van der Waals surface area (Å²) in [7, 11) is -4.11. The molecule has 0 radical (unpaired) electrons. The van der Waals surface area contributed by atoms with E-state index in [1.54, 1.807) is 42.5 Å². The van der Waals surface area contributed by atoms with Crippen molar-refractivity contribution in [3.63, 3.8) is 0 Å². The first-order valence-electron chi connectivity index (χ1n) is 10.6. The van der Waals surface area contributed by atoms with Crippen molar-refractivity contribution in [2.75, 3.05) is 4.31 Å². The molecule has 0 amide bonds. The zero-order valence-corrected chi connectivity index (χ0v) is 19.8. The van der Waals surface area contributed by atoms with Crippen LogP contribution in [0.2, 0.25) is 5.02 Å². The van der Waals surface area contributed by atoms with Crippen LogP contribution in [0.3, 0.4) is 0 Å². The summed E-state index contributed by atoms with van der Waals surface area (Å²) in [5.41, 5.74) is 9.73. The van der Waals surface area contributed by atoms with Gasteiger partial charge in [0.15, 0.2) is 5.76 Å². The van der Waals surface area contributed by atoms with Gasteiger partial charge in [0.25, 0.3) is 10.0 Å². The Morgan fingerprint density at radius 1 is 1.06 bits per heavy atom. The number of aryl methyl sites for hydroxylation is 1. The summed E-state index contributed by atoms with van der Waals surface area (Å²) in [4.78, 5) is 0.00904. The molecule has 6 nitrogen and oxygen atoms in total. The monoisotopic (exact) mass is 489 g/mol. The second-order valence-electron chi connectivity index (χ2n) is 8.18. The Hall–Kier alpha value is -3.73. The van der Waals surface area contributed by atoms with Crippen LogP contribution in [0.1, 0.15) is 28.2 Å². The highest BCUT2D eigenvalue weighted by Gasteiger charge is 2.47. The highest BCUT2D eigenvalue weighted by Crippen LogP contribution is 2.51. The molecule has 0 aliphatic carbocycles. The Morgan fingerprint density at radius 2 is 1.74 bits per heavy atom. The quantitative estimate of drug-likeness (QED) is 0.547. The molecule has 0 spiro atoms. The topological polar surface area (TPSA) is 96.4 Å². The molecule has 0 saturated heterocycles. The van der Waals surface area contributed by atoms with E-state index in [0.717, 1.165) is 11.1 Å². The van der Waals surface area contributed by atoms with E-state index < -0.39 is 15.9 Å². The molecule has 2 aliphatic rings. The predicted octanol–water partition coefficient (Wildman–Crippen LogP) is 5.17. The summed E-state index contributed by atoms with van der Waals surface area (Å²) in [5, 5.41) is 10.5. The number of nitriles is 1. The molecule has 2 N–H and O–H groups in total. The maximum Gasteiger partial charge on any atom is 0.265 e. The summed E-state index contributed by atoms with van der Waals surface area (Å²) in [6.45, 7) is 2.03. The molecular formula is C26H20ClN3O3S. The van der Waals surface area contributed by atoms with Gasteiger partial charge in [0.1, 0.15) is 16.5 Å². The summed E-state index contributed by atoms with van der Waals surface area (Å²) < 4.78 is 35.6. The van der Waals surface area contributed by atoms with Crippen LogP contribution in [0.15, 0.2) is 89.2 Å². The van der Waals surface area contributed by atoms with Crippen molar-refractivity contribution in [2.45, 2.75) is 19.4 Å². The van der Waals surface area contributed by atoms with Gasteiger partial charge in [-0.2, -0.15) is 5.26 Å². The Labute approximate surface area is 203 Å². The lowest BCUT2D eigenvalue weighted by molar-refractivity contribution is 0.357. The van der Waals surface area contributed by atoms with E-state index in [1.165, 1.54) is 4.31 Å². The maximum atomic E-state index is 14.2. The van der Waals surface area contributed by atoms with Crippen LogP contribution in [0.4, 0.5) is 5.69 Å². The van der Waals surface area contributed by atoms with Gasteiger partial charge < -0.3 is 10.5 Å². The normalized spacial score (nSPS) is 18.6. The first-order valence-corrected chi connectivity index (χ1v) is 12.4. The number of sulfonamides is 1. The molecule has 0 aromatic heterocycles. The first kappa shape index (κ1) is 22.1. The molecule has 0 fully saturated rings. The number of para-hydroxylation sites is 1. The third-order valence-corrected chi connectivity index (χ3v) is 8.14. The zero-order valence-electron chi connectivity index (χ0n) is 18.2. The van der Waals surface area contributed by atoms with Gasteiger partial charge in [-0.05, 0) is 42.3 Å². The molecule has 2 heterocycles. The van der Waals surface area contributed by atoms with E-state index in [1.807, 2.05) is 37.3 Å². The van der Waals surface area contributed by atoms with Crippen LogP contribution in [0.25, 0.3) is 5.76 Å². The van der Waals surface area contributed by atoms with Crippen LogP contribution in [-0.4, -0.2) is 8.42 Å². The number of nitrogens with two attached hydrogens (primary N) is 1. The third-order valence-electron chi connectivity index (χ3n) is 6.01. The number of benzene rings is 3. The number of nitrogens with zero attached hydrogens (tertiary/aromatic N) is 2. The summed E-state index contributed by atoms with van der Waals surface area (Å²) in [6, 6.07) is 23.6. The SMILES string of the molecule is Cc1ccc(C2C(C#N)=C(N)OC3=C2S(=O)(=O)N(Cc2ccc(Cl)cc2)c2ccccc23)cc1. The Kier molecular flexibility index (Phi) is 5.35. The fourth-order valence-corrected chi connectivity index (χ4v) is 6.37. The van der Waals surface area contributed by atoms with Crippen LogP contribution >= 0.6 is 11.6 Å². The van der Waals surface area contributed by atoms with Crippen molar-refractivity contribution in [3.8, 4) is 6.07 Å². The molecule has 34 heavy (non-hydrogen) atoms. The van der Waals surface area contributed by atoms with E-state index in [2.05, 4.69) is 6.07 Å². The van der Waals surface area contributed by atoms with Crippen molar-refractivity contribution in [1.29, 1.82) is 5.26 Å². The highest BCUT2D eigenvalue weighted by atomic mass is 35.5. The molecule has 0 bridgehead atoms. The van der Waals surface area contributed by atoms with Gasteiger partial charge in [0.05, 0.1) is 18.2 Å². The average Bonchev–Trinajstić information content (AvgIpc) is 2.82. The van der Waals surface area contributed by atoms with Crippen molar-refractivity contribution in [2.24, 2.45) is 5.73 Å². The first-order chi connectivity index (χ1) is 16.3. The van der Waals surface area contributed by atoms with Crippen LogP contribution in [0, 0.1) is 18.3 Å². The second-order valence-corrected chi connectivity index (χ2v) is 10.5. The number of fused-ring (bicyclic) bond motifs is 2.